The highest BCUT2D eigenvalue weighted by atomic mass is 16.2. The molecule has 0 aliphatic heterocycles. The van der Waals surface area contributed by atoms with Gasteiger partial charge in [0.25, 0.3) is 0 Å². The normalized spacial score (nSPS) is 11.9. The molecule has 21 heavy (non-hydrogen) atoms. The van der Waals surface area contributed by atoms with Gasteiger partial charge in [0.1, 0.15) is 0 Å². The SMILES string of the molecule is CCC(=O)Nc1ccc(C)c(NC(=O)N[C@@H](C)C(C)C)c1. The standard InChI is InChI=1S/C16H25N3O2/c1-6-15(20)18-13-8-7-11(4)14(9-13)19-16(21)17-12(5)10(2)3/h7-10,12H,6H2,1-5H3,(H,18,20)(H2,17,19,21)/t12-/m0/s1. The van der Waals surface area contributed by atoms with Crippen LogP contribution in [0, 0.1) is 12.8 Å². The van der Waals surface area contributed by atoms with Crippen LogP contribution in [0.4, 0.5) is 16.2 Å². The van der Waals surface area contributed by atoms with E-state index in [2.05, 4.69) is 29.8 Å². The molecule has 1 atom stereocenters. The lowest BCUT2D eigenvalue weighted by atomic mass is 10.1. The first-order chi connectivity index (χ1) is 9.83. The molecule has 1 aromatic carbocycles. The maximum Gasteiger partial charge on any atom is 0.319 e. The number of benzene rings is 1. The Labute approximate surface area is 126 Å². The van der Waals surface area contributed by atoms with Crippen LogP contribution >= 0.6 is 0 Å². The van der Waals surface area contributed by atoms with Gasteiger partial charge >= 0.3 is 6.03 Å². The first-order valence-corrected chi connectivity index (χ1v) is 7.31. The molecule has 0 aliphatic carbocycles. The summed E-state index contributed by atoms with van der Waals surface area (Å²) in [5.74, 6) is 0.315. The second kappa shape index (κ2) is 7.67. The second-order valence-corrected chi connectivity index (χ2v) is 5.56. The van der Waals surface area contributed by atoms with Crippen LogP contribution < -0.4 is 16.0 Å². The Balaban J connectivity index is 2.75. The van der Waals surface area contributed by atoms with Gasteiger partial charge in [0, 0.05) is 23.8 Å². The van der Waals surface area contributed by atoms with Gasteiger partial charge in [-0.2, -0.15) is 0 Å². The van der Waals surface area contributed by atoms with Gasteiger partial charge in [-0.15, -0.1) is 0 Å². The number of carbonyl (C=O) groups excluding carboxylic acids is 2. The fourth-order valence-electron chi connectivity index (χ4n) is 1.62. The molecule has 0 unspecified atom stereocenters. The fraction of sp³-hybridized carbons (Fsp3) is 0.500. The molecule has 3 N–H and O–H groups in total. The molecule has 0 saturated carbocycles. The van der Waals surface area contributed by atoms with E-state index in [0.29, 0.717) is 23.7 Å². The molecule has 5 heteroatoms. The predicted molar refractivity (Wildman–Crippen MR) is 86.6 cm³/mol. The van der Waals surface area contributed by atoms with Crippen molar-refractivity contribution >= 4 is 23.3 Å². The lowest BCUT2D eigenvalue weighted by molar-refractivity contribution is -0.115. The summed E-state index contributed by atoms with van der Waals surface area (Å²) in [6, 6.07) is 5.31. The van der Waals surface area contributed by atoms with Crippen LogP contribution in [-0.4, -0.2) is 18.0 Å². The summed E-state index contributed by atoms with van der Waals surface area (Å²) in [4.78, 5) is 23.4. The van der Waals surface area contributed by atoms with Crippen molar-refractivity contribution in [3.05, 3.63) is 23.8 Å². The van der Waals surface area contributed by atoms with Gasteiger partial charge < -0.3 is 16.0 Å². The van der Waals surface area contributed by atoms with E-state index in [0.717, 1.165) is 5.56 Å². The topological polar surface area (TPSA) is 70.2 Å². The third-order valence-electron chi connectivity index (χ3n) is 3.45. The number of anilines is 2. The van der Waals surface area contributed by atoms with Crippen LogP contribution in [0.25, 0.3) is 0 Å². The number of hydrogen-bond donors (Lipinski definition) is 3. The monoisotopic (exact) mass is 291 g/mol. The largest absolute Gasteiger partial charge is 0.335 e. The summed E-state index contributed by atoms with van der Waals surface area (Å²) in [5.41, 5.74) is 2.31. The molecule has 0 aliphatic rings. The number of amides is 3. The first-order valence-electron chi connectivity index (χ1n) is 7.31. The van der Waals surface area contributed by atoms with E-state index >= 15 is 0 Å². The van der Waals surface area contributed by atoms with Crippen molar-refractivity contribution in [2.45, 2.75) is 47.1 Å². The Morgan fingerprint density at radius 3 is 2.38 bits per heavy atom. The highest BCUT2D eigenvalue weighted by Gasteiger charge is 2.12. The van der Waals surface area contributed by atoms with Crippen molar-refractivity contribution in [3.8, 4) is 0 Å². The molecule has 0 bridgehead atoms. The van der Waals surface area contributed by atoms with Crippen LogP contribution in [0.2, 0.25) is 0 Å². The average molecular weight is 291 g/mol. The molecule has 1 rings (SSSR count). The third-order valence-corrected chi connectivity index (χ3v) is 3.45. The predicted octanol–water partition coefficient (Wildman–Crippen LogP) is 3.51. The van der Waals surface area contributed by atoms with Crippen molar-refractivity contribution in [1.82, 2.24) is 5.32 Å². The Morgan fingerprint density at radius 1 is 1.14 bits per heavy atom. The van der Waals surface area contributed by atoms with E-state index in [1.54, 1.807) is 13.0 Å². The Hall–Kier alpha value is -2.04. The molecule has 3 amide bonds. The first kappa shape index (κ1) is 17.0. The summed E-state index contributed by atoms with van der Waals surface area (Å²) < 4.78 is 0. The van der Waals surface area contributed by atoms with Crippen molar-refractivity contribution in [2.75, 3.05) is 10.6 Å². The Bertz CT molecular complexity index is 512. The number of carbonyl (C=O) groups is 2. The highest BCUT2D eigenvalue weighted by Crippen LogP contribution is 2.20. The smallest absolute Gasteiger partial charge is 0.319 e. The van der Waals surface area contributed by atoms with Crippen LogP contribution in [0.15, 0.2) is 18.2 Å². The van der Waals surface area contributed by atoms with Gasteiger partial charge in [-0.3, -0.25) is 4.79 Å². The minimum Gasteiger partial charge on any atom is -0.335 e. The molecule has 5 nitrogen and oxygen atoms in total. The summed E-state index contributed by atoms with van der Waals surface area (Å²) in [6.45, 7) is 9.78. The molecule has 0 radical (unpaired) electrons. The number of nitrogens with one attached hydrogen (secondary N) is 3. The molecular formula is C16H25N3O2. The third kappa shape index (κ3) is 5.45. The zero-order valence-electron chi connectivity index (χ0n) is 13.4. The van der Waals surface area contributed by atoms with Crippen LogP contribution in [0.3, 0.4) is 0 Å². The Kier molecular flexibility index (Phi) is 6.21. The van der Waals surface area contributed by atoms with Crippen LogP contribution in [0.5, 0.6) is 0 Å². The van der Waals surface area contributed by atoms with Crippen molar-refractivity contribution < 1.29 is 9.59 Å². The minimum absolute atomic E-state index is 0.0531. The van der Waals surface area contributed by atoms with Crippen molar-refractivity contribution in [1.29, 1.82) is 0 Å². The molecule has 0 aromatic heterocycles. The van der Waals surface area contributed by atoms with E-state index < -0.39 is 0 Å². The lowest BCUT2D eigenvalue weighted by Crippen LogP contribution is -2.39. The molecule has 0 spiro atoms. The fourth-order valence-corrected chi connectivity index (χ4v) is 1.62. The summed E-state index contributed by atoms with van der Waals surface area (Å²) in [7, 11) is 0. The van der Waals surface area contributed by atoms with E-state index in [1.165, 1.54) is 0 Å². The zero-order valence-corrected chi connectivity index (χ0v) is 13.4. The molecule has 1 aromatic rings. The lowest BCUT2D eigenvalue weighted by Gasteiger charge is -2.18. The molecule has 116 valence electrons. The number of hydrogen-bond acceptors (Lipinski definition) is 2. The number of rotatable bonds is 5. The van der Waals surface area contributed by atoms with Crippen LogP contribution in [-0.2, 0) is 4.79 Å². The number of aryl methyl sites for hydroxylation is 1. The summed E-state index contributed by atoms with van der Waals surface area (Å²) in [6.07, 6.45) is 0.420. The maximum absolute atomic E-state index is 12.0. The average Bonchev–Trinajstić information content (AvgIpc) is 2.42. The second-order valence-electron chi connectivity index (χ2n) is 5.56. The molecule has 0 heterocycles. The van der Waals surface area contributed by atoms with E-state index in [1.807, 2.05) is 26.0 Å². The zero-order chi connectivity index (χ0) is 16.0. The van der Waals surface area contributed by atoms with Gasteiger partial charge in [0.05, 0.1) is 0 Å². The Morgan fingerprint density at radius 2 is 1.81 bits per heavy atom. The summed E-state index contributed by atoms with van der Waals surface area (Å²) in [5, 5.41) is 8.50. The molecular weight excluding hydrogens is 266 g/mol. The van der Waals surface area contributed by atoms with Crippen LogP contribution in [0.1, 0.15) is 39.7 Å². The van der Waals surface area contributed by atoms with Gasteiger partial charge in [-0.05, 0) is 37.5 Å². The van der Waals surface area contributed by atoms with Crippen molar-refractivity contribution in [3.63, 3.8) is 0 Å². The maximum atomic E-state index is 12.0. The number of urea groups is 1. The quantitative estimate of drug-likeness (QED) is 0.777. The van der Waals surface area contributed by atoms with Crippen molar-refractivity contribution in [2.24, 2.45) is 5.92 Å². The summed E-state index contributed by atoms with van der Waals surface area (Å²) >= 11 is 0. The van der Waals surface area contributed by atoms with E-state index in [4.69, 9.17) is 0 Å². The van der Waals surface area contributed by atoms with E-state index in [-0.39, 0.29) is 18.0 Å². The molecule has 0 fully saturated rings. The van der Waals surface area contributed by atoms with E-state index in [9.17, 15) is 9.59 Å². The van der Waals surface area contributed by atoms with Gasteiger partial charge in [0.15, 0.2) is 0 Å². The van der Waals surface area contributed by atoms with Gasteiger partial charge in [-0.25, -0.2) is 4.79 Å². The molecule has 0 saturated heterocycles. The highest BCUT2D eigenvalue weighted by molar-refractivity contribution is 5.94. The minimum atomic E-state index is -0.238. The van der Waals surface area contributed by atoms with Gasteiger partial charge in [-0.1, -0.05) is 26.8 Å². The van der Waals surface area contributed by atoms with Gasteiger partial charge in [0.2, 0.25) is 5.91 Å².